The monoisotopic (exact) mass is 306 g/mol. The molecule has 1 aromatic carbocycles. The molecular weight excluding hydrogens is 280 g/mol. The summed E-state index contributed by atoms with van der Waals surface area (Å²) in [5.41, 5.74) is 0.302. The van der Waals surface area contributed by atoms with Crippen LogP contribution in [0, 0.1) is 0 Å². The first-order valence-electron chi connectivity index (χ1n) is 7.93. The molecule has 0 spiro atoms. The van der Waals surface area contributed by atoms with Gasteiger partial charge in [0.05, 0.1) is 19.3 Å². The summed E-state index contributed by atoms with van der Waals surface area (Å²) >= 11 is 0. The second-order valence-electron chi connectivity index (χ2n) is 7.22. The Morgan fingerprint density at radius 1 is 1.18 bits per heavy atom. The van der Waals surface area contributed by atoms with E-state index in [0.29, 0.717) is 13.2 Å². The predicted octanol–water partition coefficient (Wildman–Crippen LogP) is 3.29. The molecule has 4 nitrogen and oxygen atoms in total. The maximum atomic E-state index is 6.28. The minimum Gasteiger partial charge on any atom is -0.367 e. The van der Waals surface area contributed by atoms with Crippen LogP contribution in [-0.2, 0) is 25.6 Å². The van der Waals surface area contributed by atoms with Crippen molar-refractivity contribution in [3.05, 3.63) is 35.9 Å². The molecule has 3 rings (SSSR count). The van der Waals surface area contributed by atoms with Crippen molar-refractivity contribution in [2.45, 2.75) is 70.4 Å². The lowest BCUT2D eigenvalue weighted by Crippen LogP contribution is -2.55. The van der Waals surface area contributed by atoms with Crippen molar-refractivity contribution in [1.82, 2.24) is 0 Å². The fourth-order valence-corrected chi connectivity index (χ4v) is 3.41. The number of benzene rings is 1. The molecule has 0 amide bonds. The van der Waals surface area contributed by atoms with E-state index in [0.717, 1.165) is 5.56 Å². The van der Waals surface area contributed by atoms with Gasteiger partial charge in [-0.1, -0.05) is 30.3 Å². The van der Waals surface area contributed by atoms with E-state index in [4.69, 9.17) is 18.9 Å². The van der Waals surface area contributed by atoms with Gasteiger partial charge in [-0.05, 0) is 40.2 Å². The molecule has 122 valence electrons. The summed E-state index contributed by atoms with van der Waals surface area (Å²) in [4.78, 5) is 0. The van der Waals surface area contributed by atoms with Gasteiger partial charge in [-0.15, -0.1) is 0 Å². The van der Waals surface area contributed by atoms with Gasteiger partial charge in [0.15, 0.2) is 5.79 Å². The Balaban J connectivity index is 1.79. The largest absolute Gasteiger partial charge is 0.367 e. The molecule has 0 N–H and O–H groups in total. The molecule has 0 aromatic heterocycles. The Hall–Kier alpha value is -0.940. The first-order valence-corrected chi connectivity index (χ1v) is 7.93. The molecule has 1 aromatic rings. The van der Waals surface area contributed by atoms with Crippen LogP contribution in [0.5, 0.6) is 0 Å². The van der Waals surface area contributed by atoms with E-state index in [2.05, 4.69) is 26.0 Å². The number of ether oxygens (including phenoxy) is 4. The Morgan fingerprint density at radius 3 is 2.32 bits per heavy atom. The Kier molecular flexibility index (Phi) is 3.84. The van der Waals surface area contributed by atoms with Crippen LogP contribution in [-0.4, -0.2) is 35.8 Å². The van der Waals surface area contributed by atoms with Gasteiger partial charge < -0.3 is 18.9 Å². The highest BCUT2D eigenvalue weighted by atomic mass is 16.8. The van der Waals surface area contributed by atoms with Crippen LogP contribution in [0.4, 0.5) is 0 Å². The van der Waals surface area contributed by atoms with Crippen LogP contribution >= 0.6 is 0 Å². The number of hydrogen-bond donors (Lipinski definition) is 0. The third kappa shape index (κ3) is 2.93. The summed E-state index contributed by atoms with van der Waals surface area (Å²) in [5.74, 6) is -0.603. The third-order valence-electron chi connectivity index (χ3n) is 4.67. The fraction of sp³-hybridized carbons (Fsp3) is 0.667. The molecule has 22 heavy (non-hydrogen) atoms. The minimum atomic E-state index is -0.603. The van der Waals surface area contributed by atoms with E-state index in [1.807, 2.05) is 39.0 Å². The lowest BCUT2D eigenvalue weighted by atomic mass is 9.85. The van der Waals surface area contributed by atoms with Crippen molar-refractivity contribution >= 4 is 0 Å². The van der Waals surface area contributed by atoms with E-state index in [1.165, 1.54) is 0 Å². The summed E-state index contributed by atoms with van der Waals surface area (Å²) in [7, 11) is 0. The Morgan fingerprint density at radius 2 is 1.82 bits per heavy atom. The number of epoxide rings is 1. The van der Waals surface area contributed by atoms with Gasteiger partial charge >= 0.3 is 0 Å². The molecule has 0 bridgehead atoms. The highest BCUT2D eigenvalue weighted by Gasteiger charge is 2.63. The van der Waals surface area contributed by atoms with Crippen LogP contribution in [0.25, 0.3) is 0 Å². The van der Waals surface area contributed by atoms with Crippen molar-refractivity contribution < 1.29 is 18.9 Å². The van der Waals surface area contributed by atoms with Gasteiger partial charge in [-0.25, -0.2) is 0 Å². The molecule has 2 aliphatic heterocycles. The van der Waals surface area contributed by atoms with E-state index < -0.39 is 11.4 Å². The average Bonchev–Trinajstić information content (AvgIpc) is 3.12. The van der Waals surface area contributed by atoms with Gasteiger partial charge in [0, 0.05) is 0 Å². The van der Waals surface area contributed by atoms with Crippen LogP contribution in [0.1, 0.15) is 40.2 Å². The quantitative estimate of drug-likeness (QED) is 0.783. The van der Waals surface area contributed by atoms with E-state index in [-0.39, 0.29) is 17.8 Å². The lowest BCUT2D eigenvalue weighted by Gasteiger charge is -2.38. The van der Waals surface area contributed by atoms with Gasteiger partial charge in [0.25, 0.3) is 0 Å². The maximum Gasteiger partial charge on any atom is 0.164 e. The molecule has 4 heteroatoms. The van der Waals surface area contributed by atoms with Gasteiger partial charge in [0.2, 0.25) is 0 Å². The summed E-state index contributed by atoms with van der Waals surface area (Å²) in [6.45, 7) is 11.3. The first-order chi connectivity index (χ1) is 10.3. The van der Waals surface area contributed by atoms with Crippen molar-refractivity contribution in [1.29, 1.82) is 0 Å². The molecule has 2 aliphatic rings. The van der Waals surface area contributed by atoms with E-state index in [1.54, 1.807) is 0 Å². The maximum absolute atomic E-state index is 6.28. The van der Waals surface area contributed by atoms with Crippen molar-refractivity contribution in [3.8, 4) is 0 Å². The average molecular weight is 306 g/mol. The highest BCUT2D eigenvalue weighted by Crippen LogP contribution is 2.47. The smallest absolute Gasteiger partial charge is 0.164 e. The fourth-order valence-electron chi connectivity index (χ4n) is 3.41. The summed E-state index contributed by atoms with van der Waals surface area (Å²) < 4.78 is 24.2. The predicted molar refractivity (Wildman–Crippen MR) is 83.5 cm³/mol. The summed E-state index contributed by atoms with van der Waals surface area (Å²) in [5, 5.41) is 0. The summed E-state index contributed by atoms with van der Waals surface area (Å²) in [6, 6.07) is 10.2. The molecular formula is C18H26O4. The second kappa shape index (κ2) is 5.31. The van der Waals surface area contributed by atoms with Crippen molar-refractivity contribution in [2.24, 2.45) is 0 Å². The molecule has 0 aliphatic carbocycles. The van der Waals surface area contributed by atoms with Gasteiger partial charge in [-0.2, -0.15) is 0 Å². The normalized spacial score (nSPS) is 38.0. The molecule has 4 atom stereocenters. The zero-order valence-electron chi connectivity index (χ0n) is 14.1. The zero-order chi connectivity index (χ0) is 16.0. The van der Waals surface area contributed by atoms with Crippen LogP contribution in [0.15, 0.2) is 30.3 Å². The highest BCUT2D eigenvalue weighted by molar-refractivity contribution is 5.15. The third-order valence-corrected chi connectivity index (χ3v) is 4.67. The molecule has 0 saturated carbocycles. The molecule has 0 unspecified atom stereocenters. The molecule has 0 radical (unpaired) electrons. The Labute approximate surface area is 132 Å². The number of hydrogen-bond acceptors (Lipinski definition) is 4. The van der Waals surface area contributed by atoms with Gasteiger partial charge in [-0.3, -0.25) is 0 Å². The molecule has 2 saturated heterocycles. The second-order valence-corrected chi connectivity index (χ2v) is 7.22. The van der Waals surface area contributed by atoms with Crippen molar-refractivity contribution in [3.63, 3.8) is 0 Å². The van der Waals surface area contributed by atoms with E-state index in [9.17, 15) is 0 Å². The first kappa shape index (κ1) is 15.9. The minimum absolute atomic E-state index is 0.0655. The molecule has 2 heterocycles. The van der Waals surface area contributed by atoms with E-state index >= 15 is 0 Å². The van der Waals surface area contributed by atoms with Crippen LogP contribution < -0.4 is 0 Å². The zero-order valence-corrected chi connectivity index (χ0v) is 14.1. The standard InChI is InChI=1S/C18H26O4/c1-13-18(5,22-16(2,3)21-13)15(17(4)12-20-17)19-11-14-9-7-6-8-10-14/h6-10,13,15H,11-12H2,1-5H3/t13-,15-,17+,18+/m1/s1. The van der Waals surface area contributed by atoms with Crippen LogP contribution in [0.2, 0.25) is 0 Å². The number of rotatable bonds is 5. The lowest BCUT2D eigenvalue weighted by molar-refractivity contribution is -0.199. The van der Waals surface area contributed by atoms with Crippen LogP contribution in [0.3, 0.4) is 0 Å². The summed E-state index contributed by atoms with van der Waals surface area (Å²) in [6.07, 6.45) is -0.249. The Bertz CT molecular complexity index is 523. The van der Waals surface area contributed by atoms with Crippen molar-refractivity contribution in [2.75, 3.05) is 6.61 Å². The SMILES string of the molecule is C[C@H]1OC(C)(C)O[C@]1(C)[C@H](OCc1ccccc1)[C@]1(C)CO1. The van der Waals surface area contributed by atoms with Gasteiger partial charge in [0.1, 0.15) is 17.3 Å². The molecule has 2 fully saturated rings. The topological polar surface area (TPSA) is 40.2 Å².